The summed E-state index contributed by atoms with van der Waals surface area (Å²) in [5.41, 5.74) is 10.3. The summed E-state index contributed by atoms with van der Waals surface area (Å²) in [6.45, 7) is 3.84. The van der Waals surface area contributed by atoms with Crippen molar-refractivity contribution in [2.75, 3.05) is 12.8 Å². The van der Waals surface area contributed by atoms with Gasteiger partial charge < -0.3 is 10.5 Å². The second kappa shape index (κ2) is 4.66. The molecule has 0 aliphatic carbocycles. The summed E-state index contributed by atoms with van der Waals surface area (Å²) in [7, 11) is 3.46. The standard InChI is InChI=1S/C14H16ClN5O/c1-7-5-10(11(21-4)6-9(7)15)20-13-12(17-14(20)16)8(2)18-19(13)3/h5-6H,1-4H3,(H2,16,17). The molecule has 0 amide bonds. The number of benzene rings is 1. The van der Waals surface area contributed by atoms with Crippen LogP contribution in [0.2, 0.25) is 5.02 Å². The first kappa shape index (κ1) is 13.8. The maximum absolute atomic E-state index is 6.17. The van der Waals surface area contributed by atoms with E-state index in [0.717, 1.165) is 28.1 Å². The molecule has 3 aromatic rings. The van der Waals surface area contributed by atoms with Gasteiger partial charge in [-0.25, -0.2) is 9.67 Å². The highest BCUT2D eigenvalue weighted by molar-refractivity contribution is 6.31. The Morgan fingerprint density at radius 3 is 2.67 bits per heavy atom. The lowest BCUT2D eigenvalue weighted by Gasteiger charge is -2.13. The highest BCUT2D eigenvalue weighted by Gasteiger charge is 2.20. The molecule has 0 saturated heterocycles. The molecule has 0 fully saturated rings. The third-order valence-electron chi connectivity index (χ3n) is 3.53. The molecule has 2 N–H and O–H groups in total. The zero-order valence-corrected chi connectivity index (χ0v) is 13.1. The second-order valence-electron chi connectivity index (χ2n) is 4.96. The van der Waals surface area contributed by atoms with E-state index < -0.39 is 0 Å². The SMILES string of the molecule is COc1cc(Cl)c(C)cc1-n1c(N)nc2c(C)nn(C)c21. The monoisotopic (exact) mass is 305 g/mol. The van der Waals surface area contributed by atoms with E-state index >= 15 is 0 Å². The topological polar surface area (TPSA) is 70.9 Å². The number of hydrogen-bond acceptors (Lipinski definition) is 4. The Balaban J connectivity index is 2.40. The van der Waals surface area contributed by atoms with E-state index in [4.69, 9.17) is 22.1 Å². The van der Waals surface area contributed by atoms with Crippen molar-refractivity contribution in [1.82, 2.24) is 19.3 Å². The summed E-state index contributed by atoms with van der Waals surface area (Å²) < 4.78 is 9.03. The van der Waals surface area contributed by atoms with Crippen molar-refractivity contribution >= 4 is 28.7 Å². The van der Waals surface area contributed by atoms with Crippen LogP contribution < -0.4 is 10.5 Å². The van der Waals surface area contributed by atoms with Gasteiger partial charge in [-0.05, 0) is 25.5 Å². The van der Waals surface area contributed by atoms with Gasteiger partial charge in [0, 0.05) is 18.1 Å². The average Bonchev–Trinajstić information content (AvgIpc) is 2.90. The van der Waals surface area contributed by atoms with Crippen LogP contribution in [0.3, 0.4) is 0 Å². The van der Waals surface area contributed by atoms with Crippen molar-refractivity contribution in [2.24, 2.45) is 7.05 Å². The number of rotatable bonds is 2. The molecule has 0 saturated carbocycles. The first-order valence-electron chi connectivity index (χ1n) is 6.46. The normalized spacial score (nSPS) is 11.3. The number of imidazole rings is 1. The molecule has 3 rings (SSSR count). The van der Waals surface area contributed by atoms with Crippen LogP contribution in [0.1, 0.15) is 11.3 Å². The van der Waals surface area contributed by atoms with Crippen LogP contribution in [0, 0.1) is 13.8 Å². The summed E-state index contributed by atoms with van der Waals surface area (Å²) in [5.74, 6) is 1.02. The van der Waals surface area contributed by atoms with Gasteiger partial charge in [-0.1, -0.05) is 11.6 Å². The molecule has 1 aromatic carbocycles. The van der Waals surface area contributed by atoms with E-state index in [1.165, 1.54) is 0 Å². The number of nitrogen functional groups attached to an aromatic ring is 1. The van der Waals surface area contributed by atoms with E-state index in [1.54, 1.807) is 17.9 Å². The quantitative estimate of drug-likeness (QED) is 0.790. The van der Waals surface area contributed by atoms with Crippen LogP contribution in [-0.4, -0.2) is 26.4 Å². The number of halogens is 1. The van der Waals surface area contributed by atoms with Gasteiger partial charge in [0.1, 0.15) is 11.3 Å². The molecule has 110 valence electrons. The summed E-state index contributed by atoms with van der Waals surface area (Å²) >= 11 is 6.17. The number of aryl methyl sites for hydroxylation is 3. The number of aromatic nitrogens is 4. The van der Waals surface area contributed by atoms with Gasteiger partial charge in [0.05, 0.1) is 18.5 Å². The van der Waals surface area contributed by atoms with Crippen LogP contribution in [0.15, 0.2) is 12.1 Å². The molecule has 7 heteroatoms. The van der Waals surface area contributed by atoms with E-state index in [9.17, 15) is 0 Å². The van der Waals surface area contributed by atoms with Crippen molar-refractivity contribution in [3.63, 3.8) is 0 Å². The molecule has 2 heterocycles. The van der Waals surface area contributed by atoms with Gasteiger partial charge in [0.2, 0.25) is 5.95 Å². The third kappa shape index (κ3) is 1.94. The Kier molecular flexibility index (Phi) is 3.06. The van der Waals surface area contributed by atoms with Crippen molar-refractivity contribution in [3.05, 3.63) is 28.4 Å². The molecular formula is C14H16ClN5O. The zero-order valence-electron chi connectivity index (χ0n) is 12.3. The average molecular weight is 306 g/mol. The van der Waals surface area contributed by atoms with Gasteiger partial charge in [0.15, 0.2) is 5.65 Å². The van der Waals surface area contributed by atoms with E-state index in [0.29, 0.717) is 16.7 Å². The number of fused-ring (bicyclic) bond motifs is 1. The lowest BCUT2D eigenvalue weighted by molar-refractivity contribution is 0.413. The fourth-order valence-electron chi connectivity index (χ4n) is 2.51. The Bertz CT molecular complexity index is 849. The van der Waals surface area contributed by atoms with Gasteiger partial charge >= 0.3 is 0 Å². The molecule has 0 radical (unpaired) electrons. The Morgan fingerprint density at radius 1 is 1.29 bits per heavy atom. The first-order chi connectivity index (χ1) is 9.93. The second-order valence-corrected chi connectivity index (χ2v) is 5.37. The highest BCUT2D eigenvalue weighted by Crippen LogP contribution is 2.34. The number of hydrogen-bond donors (Lipinski definition) is 1. The smallest absolute Gasteiger partial charge is 0.207 e. The lowest BCUT2D eigenvalue weighted by atomic mass is 10.2. The molecule has 0 spiro atoms. The molecule has 0 aliphatic heterocycles. The number of nitrogens with zero attached hydrogens (tertiary/aromatic N) is 4. The minimum atomic E-state index is 0.390. The first-order valence-corrected chi connectivity index (χ1v) is 6.84. The van der Waals surface area contributed by atoms with E-state index in [1.807, 2.05) is 31.5 Å². The van der Waals surface area contributed by atoms with E-state index in [-0.39, 0.29) is 0 Å². The maximum atomic E-state index is 6.17. The molecule has 21 heavy (non-hydrogen) atoms. The highest BCUT2D eigenvalue weighted by atomic mass is 35.5. The maximum Gasteiger partial charge on any atom is 0.207 e. The summed E-state index contributed by atoms with van der Waals surface area (Å²) in [6, 6.07) is 3.71. The van der Waals surface area contributed by atoms with Crippen molar-refractivity contribution in [1.29, 1.82) is 0 Å². The Hall–Kier alpha value is -2.21. The molecule has 0 unspecified atom stereocenters. The Labute approximate surface area is 127 Å². The van der Waals surface area contributed by atoms with Crippen molar-refractivity contribution in [2.45, 2.75) is 13.8 Å². The summed E-state index contributed by atoms with van der Waals surface area (Å²) in [5, 5.41) is 5.03. The summed E-state index contributed by atoms with van der Waals surface area (Å²) in [4.78, 5) is 4.41. The number of methoxy groups -OCH3 is 1. The fraction of sp³-hybridized carbons (Fsp3) is 0.286. The van der Waals surface area contributed by atoms with Crippen LogP contribution in [0.4, 0.5) is 5.95 Å². The molecular weight excluding hydrogens is 290 g/mol. The van der Waals surface area contributed by atoms with Crippen LogP contribution >= 0.6 is 11.6 Å². The number of anilines is 1. The van der Waals surface area contributed by atoms with Gasteiger partial charge in [0.25, 0.3) is 0 Å². The molecule has 0 aliphatic rings. The van der Waals surface area contributed by atoms with Crippen LogP contribution in [0.25, 0.3) is 16.9 Å². The molecule has 2 aromatic heterocycles. The van der Waals surface area contributed by atoms with Crippen LogP contribution in [-0.2, 0) is 7.05 Å². The van der Waals surface area contributed by atoms with Crippen molar-refractivity contribution < 1.29 is 4.74 Å². The predicted molar refractivity (Wildman–Crippen MR) is 83.3 cm³/mol. The van der Waals surface area contributed by atoms with Gasteiger partial charge in [-0.3, -0.25) is 4.57 Å². The minimum Gasteiger partial charge on any atom is -0.495 e. The fourth-order valence-corrected chi connectivity index (χ4v) is 2.67. The predicted octanol–water partition coefficient (Wildman–Crippen LogP) is 2.62. The minimum absolute atomic E-state index is 0.390. The third-order valence-corrected chi connectivity index (χ3v) is 3.94. The van der Waals surface area contributed by atoms with Gasteiger partial charge in [-0.15, -0.1) is 0 Å². The van der Waals surface area contributed by atoms with Crippen LogP contribution in [0.5, 0.6) is 5.75 Å². The number of ether oxygens (including phenoxy) is 1. The Morgan fingerprint density at radius 2 is 2.00 bits per heavy atom. The summed E-state index contributed by atoms with van der Waals surface area (Å²) in [6.07, 6.45) is 0. The largest absolute Gasteiger partial charge is 0.495 e. The number of nitrogens with two attached hydrogens (primary N) is 1. The molecule has 0 bridgehead atoms. The van der Waals surface area contributed by atoms with Crippen molar-refractivity contribution in [3.8, 4) is 11.4 Å². The van der Waals surface area contributed by atoms with Gasteiger partial charge in [-0.2, -0.15) is 5.10 Å². The lowest BCUT2D eigenvalue weighted by Crippen LogP contribution is -2.06. The zero-order chi connectivity index (χ0) is 15.3. The molecule has 0 atom stereocenters. The van der Waals surface area contributed by atoms with E-state index in [2.05, 4.69) is 10.1 Å². The molecule has 6 nitrogen and oxygen atoms in total.